The zero-order valence-electron chi connectivity index (χ0n) is 39.9. The third-order valence-electron chi connectivity index (χ3n) is 12.5. The summed E-state index contributed by atoms with van der Waals surface area (Å²) in [4.78, 5) is 72.0. The molecular weight excluding hydrogens is 952 g/mol. The highest BCUT2D eigenvalue weighted by molar-refractivity contribution is 8.14. The standard InChI is InChI=1S/C55H53N4O9PSSi/c1-39(60)68-50(41-35-56-57(5)36-41)49-51(62)58(53(49)70-48(61)38-67-71(55(2,3)4,46-27-17-9-18-28-46)47-29-19-10-20-30-47)52(54(63)66-37-40-31-33-42(34-32-40)59(64)65)69(43-21-11-6-12-22-43,44-23-13-7-14-24-44)45-25-15-8-16-26-45/h6-36,49-50,53H,37-38H2,1-5H3. The zero-order chi connectivity index (χ0) is 50.3. The smallest absolute Gasteiger partial charge is 0.356 e. The molecule has 6 aromatic carbocycles. The van der Waals surface area contributed by atoms with Crippen LogP contribution in [-0.4, -0.2) is 68.3 Å². The lowest BCUT2D eigenvalue weighted by atomic mass is 9.88. The summed E-state index contributed by atoms with van der Waals surface area (Å²) in [6.07, 6.45) is 1.94. The van der Waals surface area contributed by atoms with Gasteiger partial charge in [-0.15, -0.1) is 0 Å². The molecule has 0 bridgehead atoms. The van der Waals surface area contributed by atoms with Crippen LogP contribution in [0.15, 0.2) is 188 Å². The number of nitrogens with zero attached hydrogens (tertiary/aromatic N) is 4. The topological polar surface area (TPSA) is 160 Å². The Labute approximate surface area is 418 Å². The number of non-ortho nitro benzene ring substituents is 1. The first kappa shape index (κ1) is 50.2. The summed E-state index contributed by atoms with van der Waals surface area (Å²) in [6, 6.07) is 53.8. The number of hydrogen-bond donors (Lipinski definition) is 0. The number of nitro groups is 1. The number of carbonyl (C=O) groups excluding carboxylic acids is 4. The summed E-state index contributed by atoms with van der Waals surface area (Å²) in [7, 11) is -1.56. The predicted octanol–water partition coefficient (Wildman–Crippen LogP) is 7.42. The maximum Gasteiger partial charge on any atom is 0.356 e. The summed E-state index contributed by atoms with van der Waals surface area (Å²) in [5.74, 6) is -3.31. The molecule has 1 amide bonds. The molecule has 1 aliphatic heterocycles. The van der Waals surface area contributed by atoms with Gasteiger partial charge in [0.1, 0.15) is 36.0 Å². The number of rotatable bonds is 17. The predicted molar refractivity (Wildman–Crippen MR) is 281 cm³/mol. The van der Waals surface area contributed by atoms with Gasteiger partial charge in [0, 0.05) is 44.8 Å². The molecule has 0 radical (unpaired) electrons. The third kappa shape index (κ3) is 10.1. The van der Waals surface area contributed by atoms with Crippen LogP contribution in [0, 0.1) is 16.0 Å². The molecule has 2 heterocycles. The second-order valence-electron chi connectivity index (χ2n) is 18.0. The molecular formula is C55H53N4O9PSSi. The van der Waals surface area contributed by atoms with Crippen LogP contribution in [0.1, 0.15) is 44.9 Å². The van der Waals surface area contributed by atoms with E-state index in [2.05, 4.69) is 25.9 Å². The molecule has 13 nitrogen and oxygen atoms in total. The molecule has 1 fully saturated rings. The van der Waals surface area contributed by atoms with E-state index < -0.39 is 65.5 Å². The Morgan fingerprint density at radius 2 is 1.24 bits per heavy atom. The summed E-state index contributed by atoms with van der Waals surface area (Å²) in [6.45, 7) is 3.39. The monoisotopic (exact) mass is 1000 g/mol. The number of aromatic nitrogens is 2. The number of esters is 2. The van der Waals surface area contributed by atoms with Crippen molar-refractivity contribution < 1.29 is 38.0 Å². The van der Waals surface area contributed by atoms with Crippen molar-refractivity contribution in [3.05, 3.63) is 210 Å². The minimum Gasteiger partial charge on any atom is -0.457 e. The molecule has 1 aromatic heterocycles. The van der Waals surface area contributed by atoms with Gasteiger partial charge in [0.05, 0.1) is 11.1 Å². The highest BCUT2D eigenvalue weighted by Gasteiger charge is 2.59. The van der Waals surface area contributed by atoms with Gasteiger partial charge in [0.15, 0.2) is 0 Å². The summed E-state index contributed by atoms with van der Waals surface area (Å²) in [5.41, 5.74) is 0.730. The van der Waals surface area contributed by atoms with Crippen LogP contribution in [-0.2, 0) is 46.7 Å². The van der Waals surface area contributed by atoms with Gasteiger partial charge in [-0.2, -0.15) is 5.10 Å². The average Bonchev–Trinajstić information content (AvgIpc) is 3.82. The molecule has 71 heavy (non-hydrogen) atoms. The molecule has 7 aromatic rings. The van der Waals surface area contributed by atoms with Crippen LogP contribution in [0.5, 0.6) is 0 Å². The normalized spacial score (nSPS) is 15.3. The first-order valence-corrected chi connectivity index (χ1v) is 27.5. The third-order valence-corrected chi connectivity index (χ3v) is 22.9. The number of carbonyl (C=O) groups is 4. The Hall–Kier alpha value is -7.16. The highest BCUT2D eigenvalue weighted by Crippen LogP contribution is 2.53. The molecule has 3 unspecified atom stereocenters. The second-order valence-corrected chi connectivity index (χ2v) is 26.8. The molecule has 362 valence electrons. The Balaban J connectivity index is 1.34. The number of nitro benzene ring substituents is 1. The van der Waals surface area contributed by atoms with Crippen LogP contribution in [0.25, 0.3) is 0 Å². The number of ether oxygens (including phenoxy) is 2. The van der Waals surface area contributed by atoms with Gasteiger partial charge in [-0.05, 0) is 49.0 Å². The number of aryl methyl sites for hydroxylation is 1. The second kappa shape index (κ2) is 21.5. The molecule has 1 saturated heterocycles. The van der Waals surface area contributed by atoms with E-state index in [1.54, 1.807) is 13.2 Å². The lowest BCUT2D eigenvalue weighted by Crippen LogP contribution is -2.67. The molecule has 8 rings (SSSR count). The van der Waals surface area contributed by atoms with Gasteiger partial charge in [0.2, 0.25) is 11.0 Å². The molecule has 0 saturated carbocycles. The van der Waals surface area contributed by atoms with Gasteiger partial charge >= 0.3 is 11.9 Å². The van der Waals surface area contributed by atoms with Crippen molar-refractivity contribution >= 4 is 87.3 Å². The van der Waals surface area contributed by atoms with Gasteiger partial charge < -0.3 is 13.9 Å². The van der Waals surface area contributed by atoms with E-state index in [0.29, 0.717) is 27.0 Å². The van der Waals surface area contributed by atoms with E-state index in [0.717, 1.165) is 22.1 Å². The summed E-state index contributed by atoms with van der Waals surface area (Å²) in [5, 5.41) is 17.9. The molecule has 0 N–H and O–H groups in total. The number of hydrogen-bond acceptors (Lipinski definition) is 11. The Kier molecular flexibility index (Phi) is 15.2. The first-order chi connectivity index (χ1) is 34.2. The van der Waals surface area contributed by atoms with Crippen molar-refractivity contribution in [2.75, 3.05) is 6.61 Å². The number of β-lactam (4-membered cyclic amide) rings is 1. The minimum absolute atomic E-state index is 0.0183. The van der Waals surface area contributed by atoms with Crippen LogP contribution in [0.4, 0.5) is 5.69 Å². The van der Waals surface area contributed by atoms with E-state index in [-0.39, 0.29) is 24.3 Å². The van der Waals surface area contributed by atoms with Gasteiger partial charge in [0.25, 0.3) is 14.0 Å². The van der Waals surface area contributed by atoms with E-state index in [4.69, 9.17) is 13.9 Å². The van der Waals surface area contributed by atoms with E-state index >= 15 is 14.4 Å². The average molecular weight is 1010 g/mol. The van der Waals surface area contributed by atoms with Crippen molar-refractivity contribution in [1.29, 1.82) is 0 Å². The SMILES string of the molecule is CC(=O)OC(c1cnn(C)c1)C1C(=O)N(C(C(=O)OCc2ccc([N+](=O)[O-])cc2)=P(c2ccccc2)(c2ccccc2)c2ccccc2)C1SC(=O)CO[Si](c1ccccc1)(c1ccccc1)C(C)(C)C. The van der Waals surface area contributed by atoms with Crippen molar-refractivity contribution in [3.63, 3.8) is 0 Å². The fourth-order valence-electron chi connectivity index (χ4n) is 9.42. The zero-order valence-corrected chi connectivity index (χ0v) is 42.6. The molecule has 1 aliphatic rings. The largest absolute Gasteiger partial charge is 0.457 e. The van der Waals surface area contributed by atoms with E-state index in [1.807, 2.05) is 152 Å². The highest BCUT2D eigenvalue weighted by atomic mass is 32.2. The van der Waals surface area contributed by atoms with Gasteiger partial charge in [-0.3, -0.25) is 34.1 Å². The van der Waals surface area contributed by atoms with Crippen LogP contribution in [0.2, 0.25) is 5.04 Å². The van der Waals surface area contributed by atoms with Crippen LogP contribution in [0.3, 0.4) is 0 Å². The number of amides is 1. The Morgan fingerprint density at radius 1 is 0.761 bits per heavy atom. The molecule has 16 heteroatoms. The maximum atomic E-state index is 15.7. The number of benzene rings is 6. The van der Waals surface area contributed by atoms with Crippen molar-refractivity contribution in [2.45, 2.75) is 50.8 Å². The lowest BCUT2D eigenvalue weighted by Gasteiger charge is -2.50. The summed E-state index contributed by atoms with van der Waals surface area (Å²) < 4.78 is 21.0. The minimum atomic E-state index is -3.51. The van der Waals surface area contributed by atoms with Crippen molar-refractivity contribution in [2.24, 2.45) is 13.0 Å². The Bertz CT molecular complexity index is 2940. The summed E-state index contributed by atoms with van der Waals surface area (Å²) >= 11 is 0.841. The fourth-order valence-corrected chi connectivity index (χ4v) is 19.6. The van der Waals surface area contributed by atoms with Crippen LogP contribution < -0.4 is 26.3 Å². The Morgan fingerprint density at radius 3 is 1.66 bits per heavy atom. The molecule has 3 atom stereocenters. The lowest BCUT2D eigenvalue weighted by molar-refractivity contribution is -0.384. The van der Waals surface area contributed by atoms with Gasteiger partial charge in [-0.25, -0.2) is 4.79 Å². The first-order valence-electron chi connectivity index (χ1n) is 22.9. The molecule has 0 spiro atoms. The fraction of sp³-hybridized carbons (Fsp3) is 0.200. The van der Waals surface area contributed by atoms with E-state index in [9.17, 15) is 14.9 Å². The number of thioether (sulfide) groups is 1. The van der Waals surface area contributed by atoms with Crippen molar-refractivity contribution in [3.8, 4) is 0 Å². The van der Waals surface area contributed by atoms with E-state index in [1.165, 1.54) is 47.0 Å². The van der Waals surface area contributed by atoms with Crippen LogP contribution >= 0.6 is 18.6 Å². The number of likely N-dealkylation sites (tertiary alicyclic amines) is 1. The molecule has 0 aliphatic carbocycles. The van der Waals surface area contributed by atoms with Gasteiger partial charge in [-0.1, -0.05) is 184 Å². The quantitative estimate of drug-likeness (QED) is 0.0223. The van der Waals surface area contributed by atoms with Crippen molar-refractivity contribution in [1.82, 2.24) is 14.7 Å². The maximum absolute atomic E-state index is 15.7.